The van der Waals surface area contributed by atoms with Gasteiger partial charge in [-0.15, -0.1) is 0 Å². The maximum atomic E-state index is 11.6. The molecule has 0 bridgehead atoms. The lowest BCUT2D eigenvalue weighted by molar-refractivity contribution is 0.157. The van der Waals surface area contributed by atoms with Gasteiger partial charge in [-0.1, -0.05) is 30.9 Å². The van der Waals surface area contributed by atoms with Crippen molar-refractivity contribution in [3.8, 4) is 23.0 Å². The molecular weight excluding hydrogens is 306 g/mol. The molecule has 124 valence electrons. The van der Waals surface area contributed by atoms with Crippen molar-refractivity contribution in [2.24, 2.45) is 0 Å². The van der Waals surface area contributed by atoms with E-state index in [9.17, 15) is 4.79 Å². The molecule has 5 nitrogen and oxygen atoms in total. The summed E-state index contributed by atoms with van der Waals surface area (Å²) in [6, 6.07) is 9.53. The van der Waals surface area contributed by atoms with Crippen molar-refractivity contribution in [3.63, 3.8) is 0 Å². The first kappa shape index (κ1) is 15.9. The van der Waals surface area contributed by atoms with E-state index in [1.165, 1.54) is 6.08 Å². The highest BCUT2D eigenvalue weighted by molar-refractivity contribution is 5.68. The van der Waals surface area contributed by atoms with E-state index in [4.69, 9.17) is 14.2 Å². The molecule has 2 aromatic carbocycles. The monoisotopic (exact) mass is 325 g/mol. The summed E-state index contributed by atoms with van der Waals surface area (Å²) in [5.41, 5.74) is 2.82. The van der Waals surface area contributed by atoms with Crippen molar-refractivity contribution in [3.05, 3.63) is 59.7 Å². The number of amides is 1. The molecule has 2 aromatic rings. The quantitative estimate of drug-likeness (QED) is 0.712. The van der Waals surface area contributed by atoms with E-state index in [1.54, 1.807) is 0 Å². The molecule has 0 aliphatic carbocycles. The Morgan fingerprint density at radius 3 is 2.54 bits per heavy atom. The van der Waals surface area contributed by atoms with Gasteiger partial charge in [0.05, 0.1) is 0 Å². The molecule has 0 saturated heterocycles. The second-order valence-corrected chi connectivity index (χ2v) is 5.53. The summed E-state index contributed by atoms with van der Waals surface area (Å²) in [7, 11) is 0. The molecule has 24 heavy (non-hydrogen) atoms. The van der Waals surface area contributed by atoms with Gasteiger partial charge in [-0.3, -0.25) is 0 Å². The molecule has 0 fully saturated rings. The second kappa shape index (κ2) is 6.66. The number of benzene rings is 2. The standard InChI is InChI=1S/C19H19NO4/c1-4-9-22-19(21)20-11-14-10-12(2)17-18(13(14)3)24-16-8-6-5-7-15(16)23-17/h4-8,10H,1,9,11H2,2-3H3,(H,20,21). The predicted molar refractivity (Wildman–Crippen MR) is 90.9 cm³/mol. The zero-order valence-electron chi connectivity index (χ0n) is 13.7. The predicted octanol–water partition coefficient (Wildman–Crippen LogP) is 4.61. The number of fused-ring (bicyclic) bond motifs is 2. The molecule has 0 unspecified atom stereocenters. The van der Waals surface area contributed by atoms with Gasteiger partial charge in [-0.2, -0.15) is 0 Å². The highest BCUT2D eigenvalue weighted by Gasteiger charge is 2.24. The molecule has 3 rings (SSSR count). The first-order chi connectivity index (χ1) is 11.6. The fraction of sp³-hybridized carbons (Fsp3) is 0.211. The SMILES string of the molecule is C=CCOC(=O)NCc1cc(C)c2c(c1C)Oc1ccccc1O2. The smallest absolute Gasteiger partial charge is 0.407 e. The Balaban J connectivity index is 1.83. The molecule has 1 heterocycles. The first-order valence-corrected chi connectivity index (χ1v) is 7.69. The van der Waals surface area contributed by atoms with Crippen LogP contribution in [0.4, 0.5) is 4.79 Å². The van der Waals surface area contributed by atoms with Crippen LogP contribution < -0.4 is 14.8 Å². The molecule has 0 radical (unpaired) electrons. The summed E-state index contributed by atoms with van der Waals surface area (Å²) in [6.07, 6.45) is 1.04. The zero-order valence-corrected chi connectivity index (χ0v) is 13.7. The summed E-state index contributed by atoms with van der Waals surface area (Å²) in [5, 5.41) is 2.72. The fourth-order valence-electron chi connectivity index (χ4n) is 2.56. The fourth-order valence-corrected chi connectivity index (χ4v) is 2.56. The van der Waals surface area contributed by atoms with Crippen LogP contribution in [0.2, 0.25) is 0 Å². The minimum Gasteiger partial charge on any atom is -0.449 e. The van der Waals surface area contributed by atoms with Crippen LogP contribution in [-0.4, -0.2) is 12.7 Å². The van der Waals surface area contributed by atoms with Crippen LogP contribution in [0.5, 0.6) is 23.0 Å². The van der Waals surface area contributed by atoms with Crippen LogP contribution in [0.25, 0.3) is 0 Å². The molecule has 0 spiro atoms. The normalized spacial score (nSPS) is 11.4. The van der Waals surface area contributed by atoms with Crippen LogP contribution >= 0.6 is 0 Å². The number of aryl methyl sites for hydroxylation is 1. The van der Waals surface area contributed by atoms with Gasteiger partial charge in [0.2, 0.25) is 0 Å². The average Bonchev–Trinajstić information content (AvgIpc) is 2.60. The third-order valence-electron chi connectivity index (χ3n) is 3.81. The lowest BCUT2D eigenvalue weighted by atomic mass is 10.0. The Morgan fingerprint density at radius 2 is 1.88 bits per heavy atom. The van der Waals surface area contributed by atoms with E-state index in [1.807, 2.05) is 44.2 Å². The molecule has 5 heteroatoms. The van der Waals surface area contributed by atoms with Gasteiger partial charge < -0.3 is 19.5 Å². The third kappa shape index (κ3) is 3.06. The number of nitrogens with one attached hydrogen (secondary N) is 1. The molecule has 0 saturated carbocycles. The summed E-state index contributed by atoms with van der Waals surface area (Å²) >= 11 is 0. The largest absolute Gasteiger partial charge is 0.449 e. The number of para-hydroxylation sites is 2. The minimum absolute atomic E-state index is 0.182. The highest BCUT2D eigenvalue weighted by Crippen LogP contribution is 2.48. The summed E-state index contributed by atoms with van der Waals surface area (Å²) in [4.78, 5) is 11.6. The molecule has 1 aliphatic heterocycles. The van der Waals surface area contributed by atoms with Gasteiger partial charge >= 0.3 is 6.09 Å². The lowest BCUT2D eigenvalue weighted by Crippen LogP contribution is -2.24. The molecule has 1 amide bonds. The summed E-state index contributed by atoms with van der Waals surface area (Å²) in [5.74, 6) is 2.78. The minimum atomic E-state index is -0.479. The maximum Gasteiger partial charge on any atom is 0.407 e. The second-order valence-electron chi connectivity index (χ2n) is 5.53. The Bertz CT molecular complexity index is 798. The van der Waals surface area contributed by atoms with Gasteiger partial charge in [0.1, 0.15) is 6.61 Å². The van der Waals surface area contributed by atoms with Crippen LogP contribution in [0, 0.1) is 13.8 Å². The van der Waals surface area contributed by atoms with Crippen LogP contribution in [-0.2, 0) is 11.3 Å². The highest BCUT2D eigenvalue weighted by atomic mass is 16.6. The maximum absolute atomic E-state index is 11.6. The number of carbonyl (C=O) groups excluding carboxylic acids is 1. The Kier molecular flexibility index (Phi) is 4.42. The topological polar surface area (TPSA) is 56.8 Å². The Morgan fingerprint density at radius 1 is 1.21 bits per heavy atom. The summed E-state index contributed by atoms with van der Waals surface area (Å²) < 4.78 is 16.9. The van der Waals surface area contributed by atoms with Gasteiger partial charge in [0.15, 0.2) is 23.0 Å². The number of hydrogen-bond donors (Lipinski definition) is 1. The van der Waals surface area contributed by atoms with Crippen LogP contribution in [0.15, 0.2) is 43.0 Å². The van der Waals surface area contributed by atoms with Crippen molar-refractivity contribution in [1.29, 1.82) is 0 Å². The van der Waals surface area contributed by atoms with Crippen molar-refractivity contribution in [1.82, 2.24) is 5.32 Å². The van der Waals surface area contributed by atoms with E-state index in [0.717, 1.165) is 16.7 Å². The molecular formula is C19H19NO4. The van der Waals surface area contributed by atoms with Gasteiger partial charge in [-0.05, 0) is 37.1 Å². The van der Waals surface area contributed by atoms with Crippen LogP contribution in [0.3, 0.4) is 0 Å². The van der Waals surface area contributed by atoms with E-state index in [-0.39, 0.29) is 6.61 Å². The summed E-state index contributed by atoms with van der Waals surface area (Å²) in [6.45, 7) is 7.94. The average molecular weight is 325 g/mol. The third-order valence-corrected chi connectivity index (χ3v) is 3.81. The van der Waals surface area contributed by atoms with Crippen molar-refractivity contribution in [2.75, 3.05) is 6.61 Å². The Labute approximate surface area is 140 Å². The zero-order chi connectivity index (χ0) is 17.1. The molecule has 0 atom stereocenters. The van der Waals surface area contributed by atoms with Gasteiger partial charge in [-0.25, -0.2) is 4.79 Å². The first-order valence-electron chi connectivity index (χ1n) is 7.69. The van der Waals surface area contributed by atoms with Crippen molar-refractivity contribution >= 4 is 6.09 Å². The Hall–Kier alpha value is -2.95. The van der Waals surface area contributed by atoms with Gasteiger partial charge in [0, 0.05) is 12.1 Å². The van der Waals surface area contributed by atoms with Crippen LogP contribution in [0.1, 0.15) is 16.7 Å². The number of carbonyl (C=O) groups is 1. The number of hydrogen-bond acceptors (Lipinski definition) is 4. The van der Waals surface area contributed by atoms with E-state index in [0.29, 0.717) is 29.5 Å². The lowest BCUT2D eigenvalue weighted by Gasteiger charge is -2.25. The van der Waals surface area contributed by atoms with Crippen molar-refractivity contribution < 1.29 is 19.0 Å². The van der Waals surface area contributed by atoms with E-state index in [2.05, 4.69) is 11.9 Å². The van der Waals surface area contributed by atoms with E-state index >= 15 is 0 Å². The molecule has 0 aromatic heterocycles. The van der Waals surface area contributed by atoms with E-state index < -0.39 is 6.09 Å². The number of alkyl carbamates (subject to hydrolysis) is 1. The number of rotatable bonds is 4. The molecule has 1 N–H and O–H groups in total. The van der Waals surface area contributed by atoms with Gasteiger partial charge in [0.25, 0.3) is 0 Å². The van der Waals surface area contributed by atoms with Crippen molar-refractivity contribution in [2.45, 2.75) is 20.4 Å². The molecule has 1 aliphatic rings. The number of ether oxygens (including phenoxy) is 3.